The van der Waals surface area contributed by atoms with Gasteiger partial charge in [-0.25, -0.2) is 0 Å². The first-order chi connectivity index (χ1) is 12.5. The highest BCUT2D eigenvalue weighted by Crippen LogP contribution is 2.32. The third-order valence-electron chi connectivity index (χ3n) is 4.10. The first-order valence-electron chi connectivity index (χ1n) is 7.78. The van der Waals surface area contributed by atoms with E-state index in [1.807, 2.05) is 48.7 Å². The monoisotopic (exact) mass is 446 g/mol. The molecule has 4 nitrogen and oxygen atoms in total. The topological polar surface area (TPSA) is 51.1 Å². The molecule has 4 rings (SSSR count). The molecule has 0 radical (unpaired) electrons. The van der Waals surface area contributed by atoms with E-state index in [9.17, 15) is 9.59 Å². The largest absolute Gasteiger partial charge is 0.342 e. The maximum atomic E-state index is 11.9. The van der Waals surface area contributed by atoms with E-state index in [0.29, 0.717) is 16.5 Å². The van der Waals surface area contributed by atoms with Gasteiger partial charge in [0.05, 0.1) is 4.91 Å². The predicted molar refractivity (Wildman–Crippen MR) is 109 cm³/mol. The average molecular weight is 448 g/mol. The maximum Gasteiger partial charge on any atom is 0.290 e. The molecule has 1 N–H and O–H groups in total. The fourth-order valence-electron chi connectivity index (χ4n) is 2.92. The average Bonchev–Trinajstić information content (AvgIpc) is 3.09. The van der Waals surface area contributed by atoms with Crippen LogP contribution in [0.4, 0.5) is 4.79 Å². The van der Waals surface area contributed by atoms with Gasteiger partial charge in [-0.1, -0.05) is 45.7 Å². The maximum absolute atomic E-state index is 11.9. The summed E-state index contributed by atoms with van der Waals surface area (Å²) in [6.07, 6.45) is 3.73. The number of rotatable bonds is 3. The molecule has 1 aliphatic heterocycles. The number of halogens is 2. The molecule has 1 aliphatic rings. The molecule has 0 unspecified atom stereocenters. The molecule has 1 aromatic heterocycles. The van der Waals surface area contributed by atoms with Crippen LogP contribution in [-0.2, 0) is 11.3 Å². The Morgan fingerprint density at radius 1 is 1.19 bits per heavy atom. The van der Waals surface area contributed by atoms with Gasteiger partial charge in [0, 0.05) is 38.7 Å². The van der Waals surface area contributed by atoms with E-state index in [4.69, 9.17) is 11.6 Å². The molecule has 0 spiro atoms. The van der Waals surface area contributed by atoms with Crippen molar-refractivity contribution in [2.75, 3.05) is 0 Å². The van der Waals surface area contributed by atoms with Crippen molar-refractivity contribution in [1.82, 2.24) is 9.88 Å². The number of hydrogen-bond donors (Lipinski definition) is 1. The molecule has 26 heavy (non-hydrogen) atoms. The van der Waals surface area contributed by atoms with Crippen molar-refractivity contribution in [3.63, 3.8) is 0 Å². The molecule has 7 heteroatoms. The zero-order valence-electron chi connectivity index (χ0n) is 13.3. The van der Waals surface area contributed by atoms with Gasteiger partial charge in [0.15, 0.2) is 0 Å². The molecule has 0 bridgehead atoms. The van der Waals surface area contributed by atoms with Crippen LogP contribution in [0.25, 0.3) is 17.0 Å². The Morgan fingerprint density at radius 3 is 2.73 bits per heavy atom. The minimum Gasteiger partial charge on any atom is -0.342 e. The van der Waals surface area contributed by atoms with Crippen molar-refractivity contribution in [1.29, 1.82) is 0 Å². The number of nitrogens with one attached hydrogen (secondary N) is 1. The quantitative estimate of drug-likeness (QED) is 0.545. The summed E-state index contributed by atoms with van der Waals surface area (Å²) >= 11 is 10.7. The lowest BCUT2D eigenvalue weighted by Crippen LogP contribution is -2.17. The van der Waals surface area contributed by atoms with Crippen molar-refractivity contribution < 1.29 is 9.59 Å². The van der Waals surface area contributed by atoms with E-state index in [2.05, 4.69) is 25.8 Å². The summed E-state index contributed by atoms with van der Waals surface area (Å²) in [6.45, 7) is 0.610. The SMILES string of the molecule is O=C1NC(=O)/C(=C/c2cn(Cc3ccccc3Cl)c3ccc(Br)cc23)S1. The highest BCUT2D eigenvalue weighted by atomic mass is 79.9. The van der Waals surface area contributed by atoms with Gasteiger partial charge < -0.3 is 4.57 Å². The lowest BCUT2D eigenvalue weighted by Gasteiger charge is -2.07. The van der Waals surface area contributed by atoms with Crippen molar-refractivity contribution in [3.8, 4) is 0 Å². The normalized spacial score (nSPS) is 15.8. The number of hydrogen-bond acceptors (Lipinski definition) is 3. The van der Waals surface area contributed by atoms with Gasteiger partial charge in [0.1, 0.15) is 0 Å². The summed E-state index contributed by atoms with van der Waals surface area (Å²) in [5.41, 5.74) is 2.91. The number of imide groups is 1. The molecule has 2 amide bonds. The van der Waals surface area contributed by atoms with Crippen molar-refractivity contribution in [2.24, 2.45) is 0 Å². The smallest absolute Gasteiger partial charge is 0.290 e. The first kappa shape index (κ1) is 17.4. The first-order valence-corrected chi connectivity index (χ1v) is 9.76. The Kier molecular flexibility index (Phi) is 4.65. The zero-order valence-corrected chi connectivity index (χ0v) is 16.5. The zero-order chi connectivity index (χ0) is 18.3. The van der Waals surface area contributed by atoms with Gasteiger partial charge in [-0.3, -0.25) is 14.9 Å². The van der Waals surface area contributed by atoms with E-state index in [1.54, 1.807) is 6.08 Å². The van der Waals surface area contributed by atoms with Crippen molar-refractivity contribution >= 4 is 67.4 Å². The number of amides is 2. The molecule has 2 heterocycles. The van der Waals surface area contributed by atoms with Gasteiger partial charge in [0.25, 0.3) is 11.1 Å². The van der Waals surface area contributed by atoms with E-state index in [1.165, 1.54) is 0 Å². The Bertz CT molecular complexity index is 1090. The van der Waals surface area contributed by atoms with Gasteiger partial charge in [-0.15, -0.1) is 0 Å². The van der Waals surface area contributed by atoms with Crippen LogP contribution in [0.3, 0.4) is 0 Å². The number of carbonyl (C=O) groups excluding carboxylic acids is 2. The Morgan fingerprint density at radius 2 is 2.00 bits per heavy atom. The number of carbonyl (C=O) groups is 2. The fraction of sp³-hybridized carbons (Fsp3) is 0.0526. The molecule has 130 valence electrons. The van der Waals surface area contributed by atoms with Crippen LogP contribution in [0.2, 0.25) is 5.02 Å². The molecule has 1 fully saturated rings. The Hall–Kier alpha value is -2.02. The summed E-state index contributed by atoms with van der Waals surface area (Å²) in [4.78, 5) is 23.7. The Balaban J connectivity index is 1.83. The third kappa shape index (κ3) is 3.32. The summed E-state index contributed by atoms with van der Waals surface area (Å²) in [7, 11) is 0. The van der Waals surface area contributed by atoms with Crippen LogP contribution in [-0.4, -0.2) is 15.7 Å². The fourth-order valence-corrected chi connectivity index (χ4v) is 4.14. The second-order valence-electron chi connectivity index (χ2n) is 5.82. The highest BCUT2D eigenvalue weighted by molar-refractivity contribution is 9.10. The van der Waals surface area contributed by atoms with Crippen LogP contribution in [0.1, 0.15) is 11.1 Å². The number of benzene rings is 2. The van der Waals surface area contributed by atoms with Crippen LogP contribution in [0, 0.1) is 0 Å². The number of fused-ring (bicyclic) bond motifs is 1. The van der Waals surface area contributed by atoms with Crippen molar-refractivity contribution in [3.05, 3.63) is 74.2 Å². The summed E-state index contributed by atoms with van der Waals surface area (Å²) in [5, 5.41) is 3.64. The summed E-state index contributed by atoms with van der Waals surface area (Å²) in [6, 6.07) is 13.7. The summed E-state index contributed by atoms with van der Waals surface area (Å²) in [5.74, 6) is -0.359. The molecule has 0 atom stereocenters. The van der Waals surface area contributed by atoms with Crippen LogP contribution in [0.15, 0.2) is 58.0 Å². The van der Waals surface area contributed by atoms with Crippen LogP contribution < -0.4 is 5.32 Å². The van der Waals surface area contributed by atoms with E-state index in [0.717, 1.165) is 38.3 Å². The van der Waals surface area contributed by atoms with Gasteiger partial charge in [-0.05, 0) is 47.7 Å². The second kappa shape index (κ2) is 6.95. The van der Waals surface area contributed by atoms with E-state index < -0.39 is 0 Å². The summed E-state index contributed by atoms with van der Waals surface area (Å²) < 4.78 is 3.04. The number of nitrogens with zero attached hydrogens (tertiary/aromatic N) is 1. The Labute approximate surface area is 167 Å². The molecule has 0 aliphatic carbocycles. The van der Waals surface area contributed by atoms with E-state index >= 15 is 0 Å². The minimum atomic E-state index is -0.359. The number of aromatic nitrogens is 1. The van der Waals surface area contributed by atoms with Gasteiger partial charge in [0.2, 0.25) is 0 Å². The van der Waals surface area contributed by atoms with Crippen molar-refractivity contribution in [2.45, 2.75) is 6.54 Å². The number of thioether (sulfide) groups is 1. The predicted octanol–water partition coefficient (Wildman–Crippen LogP) is 5.43. The molecule has 0 saturated carbocycles. The molecule has 1 saturated heterocycles. The molecular weight excluding hydrogens is 436 g/mol. The van der Waals surface area contributed by atoms with Gasteiger partial charge >= 0.3 is 0 Å². The lowest BCUT2D eigenvalue weighted by atomic mass is 10.1. The molecule has 3 aromatic rings. The second-order valence-corrected chi connectivity index (χ2v) is 8.16. The molecular formula is C19H12BrClN2O2S. The standard InChI is InChI=1S/C19H12BrClN2O2S/c20-13-5-6-16-14(8-13)12(7-17-18(24)22-19(25)26-17)10-23(16)9-11-3-1-2-4-15(11)21/h1-8,10H,9H2,(H,22,24,25)/b17-7-. The van der Waals surface area contributed by atoms with Crippen LogP contribution in [0.5, 0.6) is 0 Å². The lowest BCUT2D eigenvalue weighted by molar-refractivity contribution is -0.115. The third-order valence-corrected chi connectivity index (χ3v) is 5.77. The highest BCUT2D eigenvalue weighted by Gasteiger charge is 2.25. The minimum absolute atomic E-state index is 0.345. The molecule has 2 aromatic carbocycles. The van der Waals surface area contributed by atoms with Crippen LogP contribution >= 0.6 is 39.3 Å². The van der Waals surface area contributed by atoms with Gasteiger partial charge in [-0.2, -0.15) is 0 Å². The van der Waals surface area contributed by atoms with E-state index in [-0.39, 0.29) is 11.1 Å².